The third-order valence-corrected chi connectivity index (χ3v) is 12.0. The van der Waals surface area contributed by atoms with Gasteiger partial charge in [0.1, 0.15) is 0 Å². The molecule has 0 saturated heterocycles. The highest BCUT2D eigenvalue weighted by Gasteiger charge is 2.38. The topological polar surface area (TPSA) is 3.24 Å². The number of hydrogen-bond donors (Lipinski definition) is 0. The molecule has 55 heavy (non-hydrogen) atoms. The van der Waals surface area contributed by atoms with E-state index in [0.717, 1.165) is 5.69 Å². The van der Waals surface area contributed by atoms with Crippen molar-refractivity contribution < 1.29 is 0 Å². The lowest BCUT2D eigenvalue weighted by Crippen LogP contribution is -2.17. The van der Waals surface area contributed by atoms with E-state index in [1.54, 1.807) is 0 Å². The van der Waals surface area contributed by atoms with Gasteiger partial charge in [-0.15, -0.1) is 0 Å². The van der Waals surface area contributed by atoms with E-state index in [0.29, 0.717) is 5.92 Å². The summed E-state index contributed by atoms with van der Waals surface area (Å²) >= 11 is 0. The quantitative estimate of drug-likeness (QED) is 0.156. The molecule has 0 aliphatic heterocycles. The Bertz CT molecular complexity index is 2930. The number of rotatable bonds is 6. The van der Waals surface area contributed by atoms with E-state index in [1.807, 2.05) is 0 Å². The maximum Gasteiger partial charge on any atom is 0.0546 e. The van der Waals surface area contributed by atoms with Crippen LogP contribution in [-0.2, 0) is 5.41 Å². The first-order valence-electron chi connectivity index (χ1n) is 19.5. The van der Waals surface area contributed by atoms with Gasteiger partial charge in [0, 0.05) is 22.1 Å². The molecule has 0 N–H and O–H groups in total. The van der Waals surface area contributed by atoms with E-state index < -0.39 is 0 Å². The fraction of sp³-hybridized carbons (Fsp3) is 0.111. The number of hydrogen-bond acceptors (Lipinski definition) is 1. The van der Waals surface area contributed by atoms with Crippen molar-refractivity contribution in [3.8, 4) is 33.4 Å². The Morgan fingerprint density at radius 1 is 0.418 bits per heavy atom. The highest BCUT2D eigenvalue weighted by molar-refractivity contribution is 6.15. The Morgan fingerprint density at radius 3 is 1.82 bits per heavy atom. The zero-order valence-electron chi connectivity index (χ0n) is 31.8. The van der Waals surface area contributed by atoms with Gasteiger partial charge in [-0.3, -0.25) is 0 Å². The first-order chi connectivity index (χ1) is 26.9. The maximum absolute atomic E-state index is 2.56. The van der Waals surface area contributed by atoms with Gasteiger partial charge in [-0.2, -0.15) is 0 Å². The van der Waals surface area contributed by atoms with Crippen molar-refractivity contribution in [1.29, 1.82) is 0 Å². The van der Waals surface area contributed by atoms with Crippen LogP contribution in [0.4, 0.5) is 17.1 Å². The largest absolute Gasteiger partial charge is 0.309 e. The second-order valence-electron chi connectivity index (χ2n) is 15.9. The van der Waals surface area contributed by atoms with Gasteiger partial charge in [-0.05, 0) is 108 Å². The Balaban J connectivity index is 1.30. The van der Waals surface area contributed by atoms with Gasteiger partial charge >= 0.3 is 0 Å². The Hall–Kier alpha value is -6.44. The van der Waals surface area contributed by atoms with Crippen LogP contribution >= 0.6 is 0 Å². The monoisotopic (exact) mass is 705 g/mol. The summed E-state index contributed by atoms with van der Waals surface area (Å²) in [6, 6.07) is 67.7. The summed E-state index contributed by atoms with van der Waals surface area (Å²) in [5.74, 6) is 0.364. The predicted molar refractivity (Wildman–Crippen MR) is 236 cm³/mol. The van der Waals surface area contributed by atoms with Crippen molar-refractivity contribution in [1.82, 2.24) is 0 Å². The van der Waals surface area contributed by atoms with Crippen LogP contribution in [0.1, 0.15) is 50.3 Å². The second kappa shape index (κ2) is 12.9. The third kappa shape index (κ3) is 5.29. The van der Waals surface area contributed by atoms with Crippen molar-refractivity contribution in [3.05, 3.63) is 199 Å². The van der Waals surface area contributed by atoms with Crippen molar-refractivity contribution >= 4 is 49.4 Å². The lowest BCUT2D eigenvalue weighted by Gasteiger charge is -2.32. The fourth-order valence-corrected chi connectivity index (χ4v) is 9.28. The number of benzene rings is 9. The first kappa shape index (κ1) is 33.2. The molecule has 0 bridgehead atoms. The summed E-state index contributed by atoms with van der Waals surface area (Å²) in [5.41, 5.74) is 15.1. The summed E-state index contributed by atoms with van der Waals surface area (Å²) in [6.07, 6.45) is 0. The molecule has 1 aliphatic carbocycles. The van der Waals surface area contributed by atoms with E-state index in [-0.39, 0.29) is 5.41 Å². The molecule has 0 unspecified atom stereocenters. The summed E-state index contributed by atoms with van der Waals surface area (Å²) in [7, 11) is 0. The standard InChI is InChI=1S/C54H43N/c1-35(2)41-22-12-13-24-44(41)48-31-37-19-8-9-20-38(37)32-52(48)55(51-33-39-21-10-11-23-42(39)45-25-14-15-26-46(45)51)40-29-30-47-50(34-40)54(3,4)49-28-16-27-43(53(47)49)36-17-6-5-7-18-36/h5-35H,1-4H3. The van der Waals surface area contributed by atoms with Crippen LogP contribution < -0.4 is 4.90 Å². The smallest absolute Gasteiger partial charge is 0.0546 e. The average Bonchev–Trinajstić information content (AvgIpc) is 3.46. The molecule has 0 atom stereocenters. The van der Waals surface area contributed by atoms with Crippen LogP contribution in [0.5, 0.6) is 0 Å². The first-order valence-corrected chi connectivity index (χ1v) is 19.5. The zero-order valence-corrected chi connectivity index (χ0v) is 31.8. The molecule has 0 aromatic heterocycles. The molecule has 9 aromatic carbocycles. The van der Waals surface area contributed by atoms with Crippen LogP contribution in [0.2, 0.25) is 0 Å². The molecule has 1 heteroatoms. The summed E-state index contributed by atoms with van der Waals surface area (Å²) in [5, 5.41) is 7.44. The molecule has 0 saturated carbocycles. The van der Waals surface area contributed by atoms with Crippen LogP contribution in [0, 0.1) is 0 Å². The minimum absolute atomic E-state index is 0.195. The summed E-state index contributed by atoms with van der Waals surface area (Å²) in [4.78, 5) is 2.56. The Labute approximate surface area is 324 Å². The summed E-state index contributed by atoms with van der Waals surface area (Å²) in [6.45, 7) is 9.40. The molecule has 0 heterocycles. The molecule has 0 amide bonds. The molecule has 0 spiro atoms. The predicted octanol–water partition coefficient (Wildman–Crippen LogP) is 15.4. The van der Waals surface area contributed by atoms with Crippen molar-refractivity contribution in [2.24, 2.45) is 0 Å². The normalized spacial score (nSPS) is 13.0. The highest BCUT2D eigenvalue weighted by Crippen LogP contribution is 2.55. The van der Waals surface area contributed by atoms with Crippen molar-refractivity contribution in [2.75, 3.05) is 4.90 Å². The van der Waals surface area contributed by atoms with Gasteiger partial charge in [-0.25, -0.2) is 0 Å². The SMILES string of the molecule is CC(C)c1ccccc1-c1cc2ccccc2cc1N(c1ccc2c(c1)C(C)(C)c1cccc(-c3ccccc3)c1-2)c1cc2ccccc2c2ccccc12. The summed E-state index contributed by atoms with van der Waals surface area (Å²) < 4.78 is 0. The Morgan fingerprint density at radius 2 is 1.04 bits per heavy atom. The minimum Gasteiger partial charge on any atom is -0.309 e. The van der Waals surface area contributed by atoms with Gasteiger partial charge in [-0.1, -0.05) is 179 Å². The molecule has 9 aromatic rings. The average molecular weight is 706 g/mol. The Kier molecular flexibility index (Phi) is 7.75. The van der Waals surface area contributed by atoms with Crippen molar-refractivity contribution in [3.63, 3.8) is 0 Å². The van der Waals surface area contributed by atoms with E-state index >= 15 is 0 Å². The highest BCUT2D eigenvalue weighted by atomic mass is 15.1. The minimum atomic E-state index is -0.195. The number of anilines is 3. The van der Waals surface area contributed by atoms with Crippen LogP contribution in [-0.4, -0.2) is 0 Å². The molecule has 0 radical (unpaired) electrons. The van der Waals surface area contributed by atoms with Gasteiger partial charge < -0.3 is 4.90 Å². The number of nitrogens with zero attached hydrogens (tertiary/aromatic N) is 1. The molecule has 1 nitrogen and oxygen atoms in total. The molecular formula is C54H43N. The van der Waals surface area contributed by atoms with E-state index in [1.165, 1.54) is 93.8 Å². The van der Waals surface area contributed by atoms with Crippen LogP contribution in [0.25, 0.3) is 65.7 Å². The van der Waals surface area contributed by atoms with E-state index in [4.69, 9.17) is 0 Å². The van der Waals surface area contributed by atoms with Crippen LogP contribution in [0.15, 0.2) is 182 Å². The molecular weight excluding hydrogens is 663 g/mol. The molecule has 264 valence electrons. The van der Waals surface area contributed by atoms with Crippen LogP contribution in [0.3, 0.4) is 0 Å². The maximum atomic E-state index is 2.56. The second-order valence-corrected chi connectivity index (χ2v) is 15.9. The lowest BCUT2D eigenvalue weighted by molar-refractivity contribution is 0.660. The fourth-order valence-electron chi connectivity index (χ4n) is 9.28. The molecule has 0 fully saturated rings. The van der Waals surface area contributed by atoms with E-state index in [2.05, 4.69) is 215 Å². The van der Waals surface area contributed by atoms with Crippen molar-refractivity contribution in [2.45, 2.75) is 39.0 Å². The van der Waals surface area contributed by atoms with Gasteiger partial charge in [0.05, 0.1) is 11.4 Å². The third-order valence-electron chi connectivity index (χ3n) is 12.0. The lowest BCUT2D eigenvalue weighted by atomic mass is 9.81. The van der Waals surface area contributed by atoms with Gasteiger partial charge in [0.25, 0.3) is 0 Å². The zero-order chi connectivity index (χ0) is 37.3. The molecule has 1 aliphatic rings. The van der Waals surface area contributed by atoms with Gasteiger partial charge in [0.15, 0.2) is 0 Å². The van der Waals surface area contributed by atoms with E-state index in [9.17, 15) is 0 Å². The molecule has 10 rings (SSSR count). The number of fused-ring (bicyclic) bond motifs is 7. The van der Waals surface area contributed by atoms with Gasteiger partial charge in [0.2, 0.25) is 0 Å².